The summed E-state index contributed by atoms with van der Waals surface area (Å²) in [5.41, 5.74) is -4.79. The number of methoxy groups -OCH3 is 2. The van der Waals surface area contributed by atoms with Gasteiger partial charge in [-0.15, -0.1) is 0 Å². The van der Waals surface area contributed by atoms with E-state index in [1.165, 1.54) is 20.9 Å². The summed E-state index contributed by atoms with van der Waals surface area (Å²) in [6, 6.07) is 0. The molecule has 2 aliphatic rings. The van der Waals surface area contributed by atoms with Crippen LogP contribution in [0.3, 0.4) is 0 Å². The Balaban J connectivity index is 2.75. The lowest BCUT2D eigenvalue weighted by atomic mass is 9.94. The van der Waals surface area contributed by atoms with Gasteiger partial charge < -0.3 is 9.47 Å². The molecule has 104 valence electrons. The molecule has 1 aliphatic heterocycles. The molecule has 2 atom stereocenters. The number of hydrogen-bond donors (Lipinski definition) is 0. The summed E-state index contributed by atoms with van der Waals surface area (Å²) in [4.78, 5) is 49.6. The first-order valence-electron chi connectivity index (χ1n) is 5.69. The van der Waals surface area contributed by atoms with Crippen LogP contribution in [0.1, 0.15) is 13.8 Å². The van der Waals surface area contributed by atoms with E-state index in [-0.39, 0.29) is 0 Å². The molecule has 7 nitrogen and oxygen atoms in total. The first kappa shape index (κ1) is 13.5. The number of fused-ring (bicyclic) bond motifs is 1. The Kier molecular flexibility index (Phi) is 2.38. The minimum atomic E-state index is -1.81. The SMILES string of the molecule is COC(=O)C12C(=O)N(C)C(=O)C1(C(=O)OC)C2(C)C. The van der Waals surface area contributed by atoms with Crippen LogP contribution in [0, 0.1) is 16.2 Å². The molecule has 2 fully saturated rings. The van der Waals surface area contributed by atoms with Gasteiger partial charge in [0, 0.05) is 12.5 Å². The Morgan fingerprint density at radius 2 is 1.26 bits per heavy atom. The highest BCUT2D eigenvalue weighted by atomic mass is 16.5. The summed E-state index contributed by atoms with van der Waals surface area (Å²) in [5, 5.41) is 0. The number of nitrogens with zero attached hydrogens (tertiary/aromatic N) is 1. The third-order valence-electron chi connectivity index (χ3n) is 4.61. The van der Waals surface area contributed by atoms with Crippen molar-refractivity contribution in [3.8, 4) is 0 Å². The van der Waals surface area contributed by atoms with Crippen LogP contribution in [0.2, 0.25) is 0 Å². The van der Waals surface area contributed by atoms with Crippen LogP contribution >= 0.6 is 0 Å². The van der Waals surface area contributed by atoms with Gasteiger partial charge in [-0.2, -0.15) is 0 Å². The first-order valence-corrected chi connectivity index (χ1v) is 5.69. The molecule has 0 aromatic carbocycles. The molecular weight excluding hydrogens is 254 g/mol. The monoisotopic (exact) mass is 269 g/mol. The second kappa shape index (κ2) is 3.34. The maximum Gasteiger partial charge on any atom is 0.323 e. The Hall–Kier alpha value is -1.92. The molecule has 0 radical (unpaired) electrons. The molecule has 0 bridgehead atoms. The normalized spacial score (nSPS) is 34.9. The highest BCUT2D eigenvalue weighted by Crippen LogP contribution is 2.82. The molecule has 0 aromatic heterocycles. The summed E-state index contributed by atoms with van der Waals surface area (Å²) in [6.07, 6.45) is 0. The number of piperidine rings is 1. The van der Waals surface area contributed by atoms with Crippen LogP contribution in [0.15, 0.2) is 0 Å². The van der Waals surface area contributed by atoms with Crippen LogP contribution in [-0.2, 0) is 28.7 Å². The number of imide groups is 1. The number of ether oxygens (including phenoxy) is 2. The van der Waals surface area contributed by atoms with E-state index in [0.29, 0.717) is 0 Å². The van der Waals surface area contributed by atoms with Crippen LogP contribution in [0.4, 0.5) is 0 Å². The number of amides is 2. The van der Waals surface area contributed by atoms with E-state index in [1.807, 2.05) is 0 Å². The summed E-state index contributed by atoms with van der Waals surface area (Å²) < 4.78 is 9.31. The van der Waals surface area contributed by atoms with E-state index in [4.69, 9.17) is 0 Å². The zero-order valence-electron chi connectivity index (χ0n) is 11.4. The van der Waals surface area contributed by atoms with E-state index in [9.17, 15) is 19.2 Å². The number of carbonyl (C=O) groups is 4. The van der Waals surface area contributed by atoms with Crippen molar-refractivity contribution >= 4 is 23.8 Å². The molecule has 19 heavy (non-hydrogen) atoms. The van der Waals surface area contributed by atoms with Crippen molar-refractivity contribution in [2.24, 2.45) is 16.2 Å². The number of esters is 2. The fraction of sp³-hybridized carbons (Fsp3) is 0.667. The Labute approximate surface area is 109 Å². The van der Waals surface area contributed by atoms with Crippen molar-refractivity contribution in [1.29, 1.82) is 0 Å². The van der Waals surface area contributed by atoms with Gasteiger partial charge in [-0.05, 0) is 0 Å². The molecule has 2 unspecified atom stereocenters. The largest absolute Gasteiger partial charge is 0.468 e. The molecule has 7 heteroatoms. The minimum absolute atomic E-state index is 0.722. The van der Waals surface area contributed by atoms with Gasteiger partial charge in [-0.25, -0.2) is 0 Å². The molecule has 0 aromatic rings. The van der Waals surface area contributed by atoms with E-state index in [1.54, 1.807) is 0 Å². The molecule has 1 saturated carbocycles. The Morgan fingerprint density at radius 1 is 0.947 bits per heavy atom. The average Bonchev–Trinajstić information content (AvgIpc) is 2.78. The predicted octanol–water partition coefficient (Wildman–Crippen LogP) is -0.656. The fourth-order valence-electron chi connectivity index (χ4n) is 3.62. The van der Waals surface area contributed by atoms with Crippen molar-refractivity contribution in [2.75, 3.05) is 21.3 Å². The van der Waals surface area contributed by atoms with Crippen molar-refractivity contribution in [3.05, 3.63) is 0 Å². The Morgan fingerprint density at radius 3 is 1.53 bits per heavy atom. The van der Waals surface area contributed by atoms with Crippen molar-refractivity contribution in [2.45, 2.75) is 13.8 Å². The van der Waals surface area contributed by atoms with Gasteiger partial charge in [0.15, 0.2) is 10.8 Å². The van der Waals surface area contributed by atoms with Crippen molar-refractivity contribution < 1.29 is 28.7 Å². The van der Waals surface area contributed by atoms with Gasteiger partial charge in [-0.3, -0.25) is 24.1 Å². The quantitative estimate of drug-likeness (QED) is 0.376. The van der Waals surface area contributed by atoms with E-state index >= 15 is 0 Å². The Bertz CT molecular complexity index is 480. The summed E-state index contributed by atoms with van der Waals surface area (Å²) in [5.74, 6) is -3.21. The van der Waals surface area contributed by atoms with Gasteiger partial charge in [0.1, 0.15) is 0 Å². The lowest BCUT2D eigenvalue weighted by Gasteiger charge is -2.21. The molecule has 1 saturated heterocycles. The lowest BCUT2D eigenvalue weighted by Crippen LogP contribution is -2.41. The van der Waals surface area contributed by atoms with Gasteiger partial charge in [-0.1, -0.05) is 13.8 Å². The zero-order valence-corrected chi connectivity index (χ0v) is 11.4. The van der Waals surface area contributed by atoms with Crippen LogP contribution in [0.5, 0.6) is 0 Å². The molecule has 0 spiro atoms. The third-order valence-corrected chi connectivity index (χ3v) is 4.61. The molecule has 0 N–H and O–H groups in total. The number of hydrogen-bond acceptors (Lipinski definition) is 6. The van der Waals surface area contributed by atoms with Gasteiger partial charge in [0.25, 0.3) is 0 Å². The van der Waals surface area contributed by atoms with Crippen molar-refractivity contribution in [3.63, 3.8) is 0 Å². The third kappa shape index (κ3) is 0.913. The van der Waals surface area contributed by atoms with Crippen LogP contribution in [0.25, 0.3) is 0 Å². The second-order valence-corrected chi connectivity index (χ2v) is 5.28. The highest BCUT2D eigenvalue weighted by Gasteiger charge is 3.01. The topological polar surface area (TPSA) is 90.0 Å². The summed E-state index contributed by atoms with van der Waals surface area (Å²) >= 11 is 0. The minimum Gasteiger partial charge on any atom is -0.468 e. The smallest absolute Gasteiger partial charge is 0.323 e. The second-order valence-electron chi connectivity index (χ2n) is 5.28. The zero-order chi connectivity index (χ0) is 14.8. The van der Waals surface area contributed by atoms with Gasteiger partial charge in [0.2, 0.25) is 11.8 Å². The van der Waals surface area contributed by atoms with Gasteiger partial charge >= 0.3 is 11.9 Å². The molecule has 2 amide bonds. The first-order chi connectivity index (χ1) is 8.69. The number of likely N-dealkylation sites (tertiary alicyclic amines) is 1. The van der Waals surface area contributed by atoms with E-state index < -0.39 is 40.0 Å². The summed E-state index contributed by atoms with van der Waals surface area (Å²) in [6.45, 7) is 3.03. The molecular formula is C12H15NO6. The average molecular weight is 269 g/mol. The maximum atomic E-state index is 12.3. The predicted molar refractivity (Wildman–Crippen MR) is 60.5 cm³/mol. The lowest BCUT2D eigenvalue weighted by molar-refractivity contribution is -0.159. The molecule has 1 aliphatic carbocycles. The molecule has 2 rings (SSSR count). The van der Waals surface area contributed by atoms with Gasteiger partial charge in [0.05, 0.1) is 14.2 Å². The maximum absolute atomic E-state index is 12.3. The summed E-state index contributed by atoms with van der Waals surface area (Å²) in [7, 11) is 3.47. The number of rotatable bonds is 2. The molecule has 1 heterocycles. The fourth-order valence-corrected chi connectivity index (χ4v) is 3.62. The van der Waals surface area contributed by atoms with Crippen LogP contribution < -0.4 is 0 Å². The van der Waals surface area contributed by atoms with E-state index in [0.717, 1.165) is 19.1 Å². The van der Waals surface area contributed by atoms with E-state index in [2.05, 4.69) is 9.47 Å². The highest BCUT2D eigenvalue weighted by molar-refractivity contribution is 6.33. The van der Waals surface area contributed by atoms with Crippen LogP contribution in [-0.4, -0.2) is 49.9 Å². The standard InChI is InChI=1S/C12H15NO6/c1-10(2)11(8(16)18-4)6(14)13(3)7(15)12(10,11)9(17)19-5/h1-5H3. The number of carbonyl (C=O) groups excluding carboxylic acids is 4. The van der Waals surface area contributed by atoms with Crippen molar-refractivity contribution in [1.82, 2.24) is 4.90 Å².